The summed E-state index contributed by atoms with van der Waals surface area (Å²) in [6.07, 6.45) is 9.64. The van der Waals surface area contributed by atoms with Gasteiger partial charge in [-0.05, 0) is 77.3 Å². The van der Waals surface area contributed by atoms with E-state index in [0.717, 1.165) is 35.6 Å². The maximum atomic E-state index is 12.7. The summed E-state index contributed by atoms with van der Waals surface area (Å²) in [5.41, 5.74) is 3.89. The first kappa shape index (κ1) is 21.3. The SMILES string of the molecule is CCn1cc(Cc2cnn(CC3CC3)c2)c(Br)n1.C[C@H]1OB(O)c2ccc(F)cc21. The molecule has 9 heteroatoms. The Morgan fingerprint density at radius 2 is 2.10 bits per heavy atom. The zero-order valence-corrected chi connectivity index (χ0v) is 18.7. The zero-order chi connectivity index (χ0) is 21.3. The third-order valence-corrected chi connectivity index (χ3v) is 6.09. The molecule has 0 bridgehead atoms. The summed E-state index contributed by atoms with van der Waals surface area (Å²) in [4.78, 5) is 0. The summed E-state index contributed by atoms with van der Waals surface area (Å²) in [6, 6.07) is 4.28. The lowest BCUT2D eigenvalue weighted by atomic mass is 9.79. The van der Waals surface area contributed by atoms with E-state index in [1.807, 2.05) is 10.9 Å². The molecule has 1 aliphatic carbocycles. The first-order chi connectivity index (χ1) is 14.4. The minimum absolute atomic E-state index is 0.217. The van der Waals surface area contributed by atoms with Gasteiger partial charge in [0.1, 0.15) is 10.4 Å². The van der Waals surface area contributed by atoms with E-state index < -0.39 is 7.12 Å². The van der Waals surface area contributed by atoms with Crippen molar-refractivity contribution in [2.24, 2.45) is 5.92 Å². The van der Waals surface area contributed by atoms with Crippen LogP contribution in [-0.2, 0) is 24.2 Å². The van der Waals surface area contributed by atoms with E-state index in [4.69, 9.17) is 4.65 Å². The first-order valence-corrected chi connectivity index (χ1v) is 11.1. The molecule has 1 fully saturated rings. The molecule has 1 atom stereocenters. The predicted molar refractivity (Wildman–Crippen MR) is 117 cm³/mol. The average Bonchev–Trinajstić information content (AvgIpc) is 3.20. The van der Waals surface area contributed by atoms with Crippen LogP contribution >= 0.6 is 15.9 Å². The second kappa shape index (κ2) is 9.04. The minimum Gasteiger partial charge on any atom is -0.423 e. The maximum absolute atomic E-state index is 12.7. The Morgan fingerprint density at radius 1 is 1.30 bits per heavy atom. The molecule has 0 unspecified atom stereocenters. The second-order valence-electron chi connectivity index (χ2n) is 7.90. The van der Waals surface area contributed by atoms with Crippen molar-refractivity contribution in [2.45, 2.75) is 52.3 Å². The number of hydrogen-bond acceptors (Lipinski definition) is 4. The highest BCUT2D eigenvalue weighted by Crippen LogP contribution is 2.30. The van der Waals surface area contributed by atoms with Gasteiger partial charge < -0.3 is 9.68 Å². The molecule has 1 aromatic carbocycles. The van der Waals surface area contributed by atoms with Crippen molar-refractivity contribution >= 4 is 28.5 Å². The molecular weight excluding hydrogens is 450 g/mol. The molecule has 3 heterocycles. The number of halogens is 2. The van der Waals surface area contributed by atoms with Gasteiger partial charge in [-0.2, -0.15) is 10.2 Å². The highest BCUT2D eigenvalue weighted by Gasteiger charge is 2.32. The Balaban J connectivity index is 0.000000158. The van der Waals surface area contributed by atoms with Gasteiger partial charge in [-0.3, -0.25) is 9.36 Å². The van der Waals surface area contributed by atoms with E-state index in [0.29, 0.717) is 5.46 Å². The third kappa shape index (κ3) is 5.02. The monoisotopic (exact) mass is 474 g/mol. The highest BCUT2D eigenvalue weighted by molar-refractivity contribution is 9.10. The largest absolute Gasteiger partial charge is 0.491 e. The summed E-state index contributed by atoms with van der Waals surface area (Å²) in [7, 11) is -0.893. The fourth-order valence-corrected chi connectivity index (χ4v) is 4.01. The average molecular weight is 475 g/mol. The van der Waals surface area contributed by atoms with Crippen molar-refractivity contribution in [3.63, 3.8) is 0 Å². The summed E-state index contributed by atoms with van der Waals surface area (Å²) in [5, 5.41) is 18.1. The molecule has 1 aliphatic heterocycles. The van der Waals surface area contributed by atoms with Crippen LogP contribution in [0.5, 0.6) is 0 Å². The number of aryl methyl sites for hydroxylation is 1. The van der Waals surface area contributed by atoms with Crippen LogP contribution in [0.3, 0.4) is 0 Å². The number of rotatable bonds is 5. The lowest BCUT2D eigenvalue weighted by Crippen LogP contribution is -2.27. The Kier molecular flexibility index (Phi) is 6.41. The smallest absolute Gasteiger partial charge is 0.423 e. The van der Waals surface area contributed by atoms with Crippen LogP contribution in [0.1, 0.15) is 49.5 Å². The Morgan fingerprint density at radius 3 is 2.80 bits per heavy atom. The molecule has 3 aromatic rings. The van der Waals surface area contributed by atoms with Crippen LogP contribution in [0.15, 0.2) is 41.4 Å². The van der Waals surface area contributed by atoms with Gasteiger partial charge in [0.25, 0.3) is 0 Å². The van der Waals surface area contributed by atoms with E-state index in [1.54, 1.807) is 13.0 Å². The quantitative estimate of drug-likeness (QED) is 0.575. The molecule has 158 valence electrons. The van der Waals surface area contributed by atoms with Gasteiger partial charge in [0, 0.05) is 37.5 Å². The molecule has 0 saturated heterocycles. The molecule has 2 aromatic heterocycles. The number of benzene rings is 1. The van der Waals surface area contributed by atoms with Gasteiger partial charge in [-0.25, -0.2) is 4.39 Å². The molecular formula is C21H25BBrFN4O2. The van der Waals surface area contributed by atoms with Crippen LogP contribution in [0.4, 0.5) is 4.39 Å². The Labute approximate surface area is 184 Å². The van der Waals surface area contributed by atoms with E-state index in [2.05, 4.69) is 50.1 Å². The summed E-state index contributed by atoms with van der Waals surface area (Å²) in [6.45, 7) is 5.86. The molecule has 1 N–H and O–H groups in total. The first-order valence-electron chi connectivity index (χ1n) is 10.3. The van der Waals surface area contributed by atoms with E-state index in [-0.39, 0.29) is 11.9 Å². The molecule has 30 heavy (non-hydrogen) atoms. The van der Waals surface area contributed by atoms with Crippen LogP contribution in [0.25, 0.3) is 0 Å². The van der Waals surface area contributed by atoms with E-state index >= 15 is 0 Å². The fraction of sp³-hybridized carbons (Fsp3) is 0.429. The van der Waals surface area contributed by atoms with Crippen LogP contribution in [0.2, 0.25) is 0 Å². The zero-order valence-electron chi connectivity index (χ0n) is 17.1. The van der Waals surface area contributed by atoms with Crippen molar-refractivity contribution in [3.8, 4) is 0 Å². The van der Waals surface area contributed by atoms with Crippen molar-refractivity contribution in [1.82, 2.24) is 19.6 Å². The van der Waals surface area contributed by atoms with Crippen molar-refractivity contribution in [3.05, 3.63) is 63.9 Å². The van der Waals surface area contributed by atoms with Gasteiger partial charge in [0.05, 0.1) is 12.3 Å². The fourth-order valence-electron chi connectivity index (χ4n) is 3.56. The van der Waals surface area contributed by atoms with Crippen molar-refractivity contribution in [2.75, 3.05) is 0 Å². The number of nitrogens with zero attached hydrogens (tertiary/aromatic N) is 4. The van der Waals surface area contributed by atoms with Gasteiger partial charge in [0.15, 0.2) is 0 Å². The van der Waals surface area contributed by atoms with Gasteiger partial charge in [-0.1, -0.05) is 6.07 Å². The van der Waals surface area contributed by atoms with Gasteiger partial charge in [0.2, 0.25) is 0 Å². The lowest BCUT2D eigenvalue weighted by molar-refractivity contribution is 0.208. The summed E-state index contributed by atoms with van der Waals surface area (Å²) < 4.78 is 22.8. The van der Waals surface area contributed by atoms with E-state index in [1.165, 1.54) is 36.1 Å². The molecule has 0 amide bonds. The van der Waals surface area contributed by atoms with Crippen molar-refractivity contribution in [1.29, 1.82) is 0 Å². The molecule has 5 rings (SSSR count). The second-order valence-corrected chi connectivity index (χ2v) is 8.65. The van der Waals surface area contributed by atoms with Crippen molar-refractivity contribution < 1.29 is 14.1 Å². The summed E-state index contributed by atoms with van der Waals surface area (Å²) >= 11 is 3.51. The maximum Gasteiger partial charge on any atom is 0.491 e. The standard InChI is InChI=1S/C13H17BrN4.C8H8BFO2/c1-2-17-9-12(13(14)16-17)5-11-6-15-18(8-11)7-10-3-4-10;1-5-7-4-6(10)2-3-8(7)9(11)12-5/h6,8-10H,2-5,7H2,1H3;2-5,11H,1H3/t;5-/m.1/s1. The van der Waals surface area contributed by atoms with Crippen LogP contribution < -0.4 is 5.46 Å². The Hall–Kier alpha value is -1.97. The molecule has 6 nitrogen and oxygen atoms in total. The number of aromatic nitrogens is 4. The topological polar surface area (TPSA) is 65.1 Å². The van der Waals surface area contributed by atoms with Crippen LogP contribution in [0, 0.1) is 11.7 Å². The van der Waals surface area contributed by atoms with Gasteiger partial charge >= 0.3 is 7.12 Å². The lowest BCUT2D eigenvalue weighted by Gasteiger charge is -2.02. The third-order valence-electron chi connectivity index (χ3n) is 5.42. The predicted octanol–water partition coefficient (Wildman–Crippen LogP) is 3.47. The highest BCUT2D eigenvalue weighted by atomic mass is 79.9. The Bertz CT molecular complexity index is 1020. The summed E-state index contributed by atoms with van der Waals surface area (Å²) in [5.74, 6) is 0.575. The minimum atomic E-state index is -0.893. The normalized spacial score (nSPS) is 17.6. The number of hydrogen-bond donors (Lipinski definition) is 1. The van der Waals surface area contributed by atoms with Crippen LogP contribution in [-0.4, -0.2) is 31.7 Å². The van der Waals surface area contributed by atoms with E-state index in [9.17, 15) is 9.41 Å². The molecule has 0 spiro atoms. The molecule has 2 aliphatic rings. The number of fused-ring (bicyclic) bond motifs is 1. The molecule has 1 saturated carbocycles. The van der Waals surface area contributed by atoms with Gasteiger partial charge in [-0.15, -0.1) is 0 Å². The molecule has 0 radical (unpaired) electrons.